The fraction of sp³-hybridized carbons (Fsp3) is 0.222. The van der Waals surface area contributed by atoms with Gasteiger partial charge in [-0.25, -0.2) is 9.18 Å². The van der Waals surface area contributed by atoms with E-state index in [2.05, 4.69) is 10.6 Å². The largest absolute Gasteiger partial charge is 0.462 e. The monoisotopic (exact) mass is 557 g/mol. The van der Waals surface area contributed by atoms with Gasteiger partial charge in [-0.1, -0.05) is 35.9 Å². The number of nitrogens with one attached hydrogen (secondary N) is 2. The first-order valence-corrected chi connectivity index (χ1v) is 13.1. The van der Waals surface area contributed by atoms with Gasteiger partial charge < -0.3 is 15.4 Å². The van der Waals surface area contributed by atoms with E-state index in [0.29, 0.717) is 21.4 Å². The second-order valence-corrected chi connectivity index (χ2v) is 10.4. The summed E-state index contributed by atoms with van der Waals surface area (Å²) in [6, 6.07) is 12.7. The maximum absolute atomic E-state index is 15.1. The number of rotatable bonds is 6. The summed E-state index contributed by atoms with van der Waals surface area (Å²) >= 11 is 13.3. The second-order valence-electron chi connectivity index (χ2n) is 8.35. The molecule has 1 atom stereocenters. The topological polar surface area (TPSA) is 70.7 Å². The molecule has 0 radical (unpaired) electrons. The molecular formula is C27H25ClFN3O3S2. The minimum atomic E-state index is -0.964. The van der Waals surface area contributed by atoms with E-state index in [1.54, 1.807) is 31.7 Å². The van der Waals surface area contributed by atoms with Gasteiger partial charge in [-0.3, -0.25) is 9.69 Å². The number of carbonyl (C=O) groups is 2. The number of para-hydroxylation sites is 1. The lowest BCUT2D eigenvalue weighted by Crippen LogP contribution is -2.48. The summed E-state index contributed by atoms with van der Waals surface area (Å²) in [5.74, 6) is -1.62. The van der Waals surface area contributed by atoms with Crippen molar-refractivity contribution in [3.05, 3.63) is 92.2 Å². The van der Waals surface area contributed by atoms with E-state index >= 15 is 4.39 Å². The zero-order valence-corrected chi connectivity index (χ0v) is 23.0. The number of halogens is 2. The van der Waals surface area contributed by atoms with Gasteiger partial charge >= 0.3 is 5.97 Å². The number of allylic oxidation sites excluding steroid dienone is 1. The summed E-state index contributed by atoms with van der Waals surface area (Å²) < 4.78 is 20.3. The van der Waals surface area contributed by atoms with Crippen LogP contribution < -0.4 is 15.5 Å². The van der Waals surface area contributed by atoms with E-state index in [-0.39, 0.29) is 22.8 Å². The van der Waals surface area contributed by atoms with Gasteiger partial charge in [-0.15, -0.1) is 11.3 Å². The Hall–Kier alpha value is -3.27. The lowest BCUT2D eigenvalue weighted by atomic mass is 9.93. The number of anilines is 2. The van der Waals surface area contributed by atoms with Crippen LogP contribution >= 0.6 is 35.2 Å². The lowest BCUT2D eigenvalue weighted by Gasteiger charge is -2.38. The Bertz CT molecular complexity index is 1400. The Morgan fingerprint density at radius 1 is 1.16 bits per heavy atom. The normalized spacial score (nSPS) is 15.5. The average molecular weight is 558 g/mol. The van der Waals surface area contributed by atoms with E-state index in [0.717, 1.165) is 16.1 Å². The molecule has 192 valence electrons. The third kappa shape index (κ3) is 5.12. The molecule has 0 aliphatic carbocycles. The predicted molar refractivity (Wildman–Crippen MR) is 150 cm³/mol. The standard InChI is InChI=1S/C27H25ClFN3O3S2/c1-5-35-26(34)20-14(2)16(4)37-25(20)31-24(33)21-15(3)32(17-10-7-6-8-11-17)27(36)30-23(21)22-18(28)12-9-13-19(22)29/h6-13,23H,5H2,1-4H3,(H,30,36)(H,31,33)/t23-/m0/s1. The van der Waals surface area contributed by atoms with Crippen molar-refractivity contribution in [2.75, 3.05) is 16.8 Å². The third-order valence-corrected chi connectivity index (χ3v) is 7.88. The zero-order chi connectivity index (χ0) is 26.9. The lowest BCUT2D eigenvalue weighted by molar-refractivity contribution is -0.113. The number of ether oxygens (including phenoxy) is 1. The summed E-state index contributed by atoms with van der Waals surface area (Å²) in [4.78, 5) is 29.2. The molecule has 2 heterocycles. The maximum Gasteiger partial charge on any atom is 0.341 e. The Morgan fingerprint density at radius 2 is 1.86 bits per heavy atom. The second kappa shape index (κ2) is 11.0. The Labute approximate surface area is 229 Å². The average Bonchev–Trinajstić information content (AvgIpc) is 3.12. The number of amides is 1. The molecule has 0 saturated carbocycles. The molecule has 37 heavy (non-hydrogen) atoms. The fourth-order valence-corrected chi connectivity index (χ4v) is 5.94. The van der Waals surface area contributed by atoms with Crippen molar-refractivity contribution in [3.63, 3.8) is 0 Å². The number of esters is 1. The Kier molecular flexibility index (Phi) is 7.96. The van der Waals surface area contributed by atoms with Gasteiger partial charge in [-0.05, 0) is 69.7 Å². The number of thiocarbonyl (C=S) groups is 1. The molecule has 1 aromatic heterocycles. The van der Waals surface area contributed by atoms with Crippen molar-refractivity contribution >= 4 is 62.8 Å². The molecule has 0 unspecified atom stereocenters. The van der Waals surface area contributed by atoms with Gasteiger partial charge in [0.25, 0.3) is 5.91 Å². The number of nitrogens with zero attached hydrogens (tertiary/aromatic N) is 1. The van der Waals surface area contributed by atoms with Crippen LogP contribution in [0, 0.1) is 19.7 Å². The smallest absolute Gasteiger partial charge is 0.341 e. The number of hydrogen-bond donors (Lipinski definition) is 2. The number of thiophene rings is 1. The van der Waals surface area contributed by atoms with Crippen LogP contribution in [-0.4, -0.2) is 23.6 Å². The molecule has 3 aromatic rings. The van der Waals surface area contributed by atoms with E-state index < -0.39 is 23.7 Å². The summed E-state index contributed by atoms with van der Waals surface area (Å²) in [5.41, 5.74) is 2.58. The highest BCUT2D eigenvalue weighted by molar-refractivity contribution is 7.80. The van der Waals surface area contributed by atoms with Gasteiger partial charge in [-0.2, -0.15) is 0 Å². The van der Waals surface area contributed by atoms with Crippen molar-refractivity contribution < 1.29 is 18.7 Å². The van der Waals surface area contributed by atoms with Gasteiger partial charge in [0.1, 0.15) is 10.8 Å². The predicted octanol–water partition coefficient (Wildman–Crippen LogP) is 6.68. The fourth-order valence-electron chi connectivity index (χ4n) is 4.26. The van der Waals surface area contributed by atoms with Crippen LogP contribution in [0.2, 0.25) is 5.02 Å². The Balaban J connectivity index is 1.86. The molecule has 2 N–H and O–H groups in total. The van der Waals surface area contributed by atoms with Crippen LogP contribution in [0.15, 0.2) is 59.8 Å². The molecule has 1 aliphatic rings. The highest BCUT2D eigenvalue weighted by atomic mass is 35.5. The van der Waals surface area contributed by atoms with E-state index in [4.69, 9.17) is 28.6 Å². The van der Waals surface area contributed by atoms with Crippen LogP contribution in [-0.2, 0) is 9.53 Å². The molecule has 1 aliphatic heterocycles. The Morgan fingerprint density at radius 3 is 2.51 bits per heavy atom. The molecule has 0 bridgehead atoms. The van der Waals surface area contributed by atoms with Crippen molar-refractivity contribution in [2.24, 2.45) is 0 Å². The number of aryl methyl sites for hydroxylation is 1. The van der Waals surface area contributed by atoms with Crippen LogP contribution in [0.4, 0.5) is 15.1 Å². The van der Waals surface area contributed by atoms with E-state index in [1.165, 1.54) is 23.5 Å². The van der Waals surface area contributed by atoms with Crippen LogP contribution in [0.25, 0.3) is 0 Å². The van der Waals surface area contributed by atoms with Crippen LogP contribution in [0.3, 0.4) is 0 Å². The molecule has 2 aromatic carbocycles. The first-order chi connectivity index (χ1) is 17.6. The molecule has 0 fully saturated rings. The quantitative estimate of drug-likeness (QED) is 0.260. The van der Waals surface area contributed by atoms with Crippen molar-refractivity contribution in [1.29, 1.82) is 0 Å². The maximum atomic E-state index is 15.1. The summed E-state index contributed by atoms with van der Waals surface area (Å²) in [5, 5.41) is 6.80. The number of benzene rings is 2. The van der Waals surface area contributed by atoms with E-state index in [1.807, 2.05) is 37.3 Å². The van der Waals surface area contributed by atoms with Gasteiger partial charge in [0.15, 0.2) is 5.11 Å². The zero-order valence-electron chi connectivity index (χ0n) is 20.6. The van der Waals surface area contributed by atoms with Crippen LogP contribution in [0.5, 0.6) is 0 Å². The molecule has 0 spiro atoms. The highest BCUT2D eigenvalue weighted by Gasteiger charge is 2.37. The highest BCUT2D eigenvalue weighted by Crippen LogP contribution is 2.39. The molecule has 6 nitrogen and oxygen atoms in total. The van der Waals surface area contributed by atoms with Crippen molar-refractivity contribution in [3.8, 4) is 0 Å². The SMILES string of the molecule is CCOC(=O)c1c(NC(=O)C2=C(C)N(c3ccccc3)C(=S)N[C@@H]2c2c(F)cccc2Cl)sc(C)c1C. The molecule has 10 heteroatoms. The van der Waals surface area contributed by atoms with Gasteiger partial charge in [0, 0.05) is 26.8 Å². The van der Waals surface area contributed by atoms with Crippen molar-refractivity contribution in [1.82, 2.24) is 5.32 Å². The van der Waals surface area contributed by atoms with Gasteiger partial charge in [0.2, 0.25) is 0 Å². The minimum absolute atomic E-state index is 0.105. The molecule has 4 rings (SSSR count). The first kappa shape index (κ1) is 26.8. The summed E-state index contributed by atoms with van der Waals surface area (Å²) in [7, 11) is 0. The van der Waals surface area contributed by atoms with Gasteiger partial charge in [0.05, 0.1) is 23.8 Å². The molecular weight excluding hydrogens is 533 g/mol. The number of hydrogen-bond acceptors (Lipinski definition) is 5. The first-order valence-electron chi connectivity index (χ1n) is 11.5. The third-order valence-electron chi connectivity index (χ3n) is 6.12. The van der Waals surface area contributed by atoms with E-state index in [9.17, 15) is 9.59 Å². The molecule has 0 saturated heterocycles. The number of carbonyl (C=O) groups excluding carboxylic acids is 2. The van der Waals surface area contributed by atoms with Crippen LogP contribution in [0.1, 0.15) is 46.3 Å². The van der Waals surface area contributed by atoms with Crippen molar-refractivity contribution in [2.45, 2.75) is 33.7 Å². The minimum Gasteiger partial charge on any atom is -0.462 e. The summed E-state index contributed by atoms with van der Waals surface area (Å²) in [6.07, 6.45) is 0. The molecule has 1 amide bonds. The summed E-state index contributed by atoms with van der Waals surface area (Å²) in [6.45, 7) is 7.33.